The van der Waals surface area contributed by atoms with Crippen LogP contribution < -0.4 is 20.1 Å². The number of amides is 3. The van der Waals surface area contributed by atoms with Gasteiger partial charge in [-0.1, -0.05) is 29.0 Å². The average molecular weight is 486 g/mol. The molecule has 1 fully saturated rings. The summed E-state index contributed by atoms with van der Waals surface area (Å²) in [6.45, 7) is 2.68. The molecular formula is C22H20ClN5O4S. The molecule has 2 aromatic carbocycles. The number of hydrogen-bond acceptors (Lipinski definition) is 7. The molecule has 5 rings (SSSR count). The number of urea groups is 1. The standard InChI is InChI=1S/C22H20ClN5O4S/c1-12-4-6-15(14(23)9-12)25-22(30)28-8-2-3-16(28)20-26-27-21(33-20)19(29)24-13-5-7-17-18(10-13)32-11-31-17/h4-7,9-10,16H,2-3,8,11H2,1H3,(H,24,29)(H,25,30)/t16-/m1/s1. The lowest BCUT2D eigenvalue weighted by molar-refractivity contribution is 0.102. The Labute approximate surface area is 198 Å². The third kappa shape index (κ3) is 4.44. The zero-order valence-corrected chi connectivity index (χ0v) is 19.2. The molecule has 170 valence electrons. The summed E-state index contributed by atoms with van der Waals surface area (Å²) in [4.78, 5) is 27.3. The predicted molar refractivity (Wildman–Crippen MR) is 124 cm³/mol. The number of aromatic nitrogens is 2. The summed E-state index contributed by atoms with van der Waals surface area (Å²) in [5.74, 6) is 0.836. The largest absolute Gasteiger partial charge is 0.454 e. The fourth-order valence-corrected chi connectivity index (χ4v) is 4.96. The molecular weight excluding hydrogens is 466 g/mol. The number of fused-ring (bicyclic) bond motifs is 1. The third-order valence-corrected chi connectivity index (χ3v) is 6.77. The van der Waals surface area contributed by atoms with Crippen LogP contribution in [0.4, 0.5) is 16.2 Å². The van der Waals surface area contributed by atoms with E-state index in [0.717, 1.165) is 18.4 Å². The van der Waals surface area contributed by atoms with Crippen molar-refractivity contribution in [1.29, 1.82) is 0 Å². The van der Waals surface area contributed by atoms with E-state index in [1.165, 1.54) is 11.3 Å². The van der Waals surface area contributed by atoms with Gasteiger partial charge in [-0.2, -0.15) is 0 Å². The molecule has 0 saturated carbocycles. The van der Waals surface area contributed by atoms with Gasteiger partial charge in [-0.25, -0.2) is 4.79 Å². The van der Waals surface area contributed by atoms with Gasteiger partial charge in [0.2, 0.25) is 11.8 Å². The lowest BCUT2D eigenvalue weighted by atomic mass is 10.2. The molecule has 0 spiro atoms. The summed E-state index contributed by atoms with van der Waals surface area (Å²) in [6, 6.07) is 10.1. The number of aryl methyl sites for hydroxylation is 1. The van der Waals surface area contributed by atoms with E-state index in [2.05, 4.69) is 20.8 Å². The fraction of sp³-hybridized carbons (Fsp3) is 0.273. The summed E-state index contributed by atoms with van der Waals surface area (Å²) in [5, 5.41) is 15.2. The molecule has 2 aliphatic rings. The average Bonchev–Trinajstić information content (AvgIpc) is 3.55. The van der Waals surface area contributed by atoms with Gasteiger partial charge >= 0.3 is 6.03 Å². The second kappa shape index (κ2) is 8.87. The molecule has 33 heavy (non-hydrogen) atoms. The van der Waals surface area contributed by atoms with Crippen molar-refractivity contribution in [3.63, 3.8) is 0 Å². The van der Waals surface area contributed by atoms with Crippen LogP contribution in [0.3, 0.4) is 0 Å². The summed E-state index contributed by atoms with van der Waals surface area (Å²) in [5.41, 5.74) is 2.13. The van der Waals surface area contributed by atoms with E-state index in [9.17, 15) is 9.59 Å². The Hall–Kier alpha value is -3.37. The SMILES string of the molecule is Cc1ccc(NC(=O)N2CCC[C@@H]2c2nnc(C(=O)Nc3ccc4c(c3)OCO4)s2)c(Cl)c1. The van der Waals surface area contributed by atoms with Crippen LogP contribution in [0.15, 0.2) is 36.4 Å². The van der Waals surface area contributed by atoms with Gasteiger partial charge < -0.3 is 25.0 Å². The van der Waals surface area contributed by atoms with Crippen LogP contribution in [0.1, 0.15) is 39.3 Å². The Morgan fingerprint density at radius 1 is 1.12 bits per heavy atom. The van der Waals surface area contributed by atoms with Crippen molar-refractivity contribution in [2.24, 2.45) is 0 Å². The van der Waals surface area contributed by atoms with Gasteiger partial charge in [-0.05, 0) is 49.6 Å². The molecule has 2 aliphatic heterocycles. The molecule has 1 saturated heterocycles. The van der Waals surface area contributed by atoms with Gasteiger partial charge in [0.25, 0.3) is 5.91 Å². The van der Waals surface area contributed by atoms with E-state index in [-0.39, 0.29) is 29.8 Å². The predicted octanol–water partition coefficient (Wildman–Crippen LogP) is 4.85. The maximum atomic E-state index is 12.9. The first-order chi connectivity index (χ1) is 16.0. The lowest BCUT2D eigenvalue weighted by Gasteiger charge is -2.23. The van der Waals surface area contributed by atoms with Crippen molar-refractivity contribution in [3.8, 4) is 11.5 Å². The van der Waals surface area contributed by atoms with Gasteiger partial charge in [-0.15, -0.1) is 10.2 Å². The van der Waals surface area contributed by atoms with Crippen LogP contribution >= 0.6 is 22.9 Å². The van der Waals surface area contributed by atoms with Crippen LogP contribution in [-0.2, 0) is 0 Å². The second-order valence-electron chi connectivity index (χ2n) is 7.73. The number of likely N-dealkylation sites (tertiary alicyclic amines) is 1. The van der Waals surface area contributed by atoms with Crippen molar-refractivity contribution in [2.45, 2.75) is 25.8 Å². The van der Waals surface area contributed by atoms with Crippen molar-refractivity contribution in [3.05, 3.63) is 57.0 Å². The quantitative estimate of drug-likeness (QED) is 0.547. The van der Waals surface area contributed by atoms with Crippen LogP contribution in [0.5, 0.6) is 11.5 Å². The molecule has 3 aromatic rings. The van der Waals surface area contributed by atoms with Crippen LogP contribution in [0, 0.1) is 6.92 Å². The number of rotatable bonds is 4. The molecule has 1 aromatic heterocycles. The van der Waals surface area contributed by atoms with Crippen LogP contribution in [-0.4, -0.2) is 40.4 Å². The monoisotopic (exact) mass is 485 g/mol. The highest BCUT2D eigenvalue weighted by molar-refractivity contribution is 7.13. The van der Waals surface area contributed by atoms with E-state index in [4.69, 9.17) is 21.1 Å². The minimum Gasteiger partial charge on any atom is -0.454 e. The number of carbonyl (C=O) groups excluding carboxylic acids is 2. The zero-order valence-electron chi connectivity index (χ0n) is 17.6. The summed E-state index contributed by atoms with van der Waals surface area (Å²) in [7, 11) is 0. The first kappa shape index (κ1) is 21.5. The van der Waals surface area contributed by atoms with Crippen LogP contribution in [0.2, 0.25) is 5.02 Å². The van der Waals surface area contributed by atoms with E-state index < -0.39 is 0 Å². The molecule has 0 unspecified atom stereocenters. The topological polar surface area (TPSA) is 106 Å². The molecule has 1 atom stereocenters. The van der Waals surface area contributed by atoms with Gasteiger partial charge in [0, 0.05) is 18.3 Å². The summed E-state index contributed by atoms with van der Waals surface area (Å²) >= 11 is 7.43. The Kier molecular flexibility index (Phi) is 5.77. The highest BCUT2D eigenvalue weighted by Crippen LogP contribution is 2.36. The van der Waals surface area contributed by atoms with Crippen molar-refractivity contribution < 1.29 is 19.1 Å². The maximum Gasteiger partial charge on any atom is 0.322 e. The lowest BCUT2D eigenvalue weighted by Crippen LogP contribution is -2.34. The zero-order chi connectivity index (χ0) is 22.9. The maximum absolute atomic E-state index is 12.9. The number of ether oxygens (including phenoxy) is 2. The van der Waals surface area contributed by atoms with E-state index in [1.54, 1.807) is 35.2 Å². The van der Waals surface area contributed by atoms with Gasteiger partial charge in [0.05, 0.1) is 16.8 Å². The Balaban J connectivity index is 1.27. The van der Waals surface area contributed by atoms with E-state index in [1.807, 2.05) is 13.0 Å². The van der Waals surface area contributed by atoms with Crippen molar-refractivity contribution >= 4 is 46.3 Å². The molecule has 0 radical (unpaired) electrons. The number of hydrogen-bond donors (Lipinski definition) is 2. The number of nitrogens with one attached hydrogen (secondary N) is 2. The molecule has 0 aliphatic carbocycles. The normalized spacial score (nSPS) is 16.7. The van der Waals surface area contributed by atoms with Crippen molar-refractivity contribution in [1.82, 2.24) is 15.1 Å². The minimum atomic E-state index is -0.377. The van der Waals surface area contributed by atoms with E-state index >= 15 is 0 Å². The first-order valence-electron chi connectivity index (χ1n) is 10.4. The first-order valence-corrected chi connectivity index (χ1v) is 11.6. The Bertz CT molecular complexity index is 1230. The highest BCUT2D eigenvalue weighted by Gasteiger charge is 2.33. The number of nitrogens with zero attached hydrogens (tertiary/aromatic N) is 3. The summed E-state index contributed by atoms with van der Waals surface area (Å²) < 4.78 is 10.6. The number of benzene rings is 2. The van der Waals surface area contributed by atoms with Crippen molar-refractivity contribution in [2.75, 3.05) is 24.0 Å². The minimum absolute atomic E-state index is 0.161. The number of anilines is 2. The number of halogens is 1. The summed E-state index contributed by atoms with van der Waals surface area (Å²) in [6.07, 6.45) is 1.57. The number of carbonyl (C=O) groups is 2. The molecule has 3 heterocycles. The van der Waals surface area contributed by atoms with Gasteiger partial charge in [-0.3, -0.25) is 4.79 Å². The molecule has 2 N–H and O–H groups in total. The van der Waals surface area contributed by atoms with Gasteiger partial charge in [0.15, 0.2) is 11.5 Å². The molecule has 0 bridgehead atoms. The highest BCUT2D eigenvalue weighted by atomic mass is 35.5. The Morgan fingerprint density at radius 2 is 1.97 bits per heavy atom. The van der Waals surface area contributed by atoms with Crippen LogP contribution in [0.25, 0.3) is 0 Å². The van der Waals surface area contributed by atoms with Gasteiger partial charge in [0.1, 0.15) is 5.01 Å². The molecule has 11 heteroatoms. The molecule has 3 amide bonds. The molecule has 9 nitrogen and oxygen atoms in total. The fourth-order valence-electron chi connectivity index (χ4n) is 3.79. The smallest absolute Gasteiger partial charge is 0.322 e. The second-order valence-corrected chi connectivity index (χ2v) is 9.15. The third-order valence-electron chi connectivity index (χ3n) is 5.43. The Morgan fingerprint density at radius 3 is 2.82 bits per heavy atom. The van der Waals surface area contributed by atoms with E-state index in [0.29, 0.717) is 39.4 Å².